The van der Waals surface area contributed by atoms with Crippen LogP contribution in [0.4, 0.5) is 0 Å². The van der Waals surface area contributed by atoms with Crippen LogP contribution in [0.1, 0.15) is 39.2 Å². The summed E-state index contributed by atoms with van der Waals surface area (Å²) in [6.07, 6.45) is 2.19. The van der Waals surface area contributed by atoms with Gasteiger partial charge in [-0.2, -0.15) is 0 Å². The first-order chi connectivity index (χ1) is 13.1. The van der Waals surface area contributed by atoms with E-state index in [9.17, 15) is 9.59 Å². The van der Waals surface area contributed by atoms with E-state index < -0.39 is 0 Å². The molecule has 138 valence electrons. The molecule has 0 saturated carbocycles. The molecule has 0 spiro atoms. The van der Waals surface area contributed by atoms with Crippen molar-refractivity contribution in [2.24, 2.45) is 0 Å². The highest BCUT2D eigenvalue weighted by Gasteiger charge is 2.27. The van der Waals surface area contributed by atoms with Crippen molar-refractivity contribution in [1.82, 2.24) is 9.88 Å². The van der Waals surface area contributed by atoms with Crippen molar-refractivity contribution >= 4 is 5.91 Å². The number of aromatic nitrogens is 1. The topological polar surface area (TPSA) is 76.6 Å². The fourth-order valence-corrected chi connectivity index (χ4v) is 3.29. The summed E-state index contributed by atoms with van der Waals surface area (Å²) in [7, 11) is 0. The van der Waals surface area contributed by atoms with Gasteiger partial charge in [-0.1, -0.05) is 30.3 Å². The number of fused-ring (bicyclic) bond motifs is 1. The lowest BCUT2D eigenvalue weighted by molar-refractivity contribution is 0.0691. The molecule has 1 aliphatic rings. The third kappa shape index (κ3) is 3.84. The largest absolute Gasteiger partial charge is 0.456 e. The van der Waals surface area contributed by atoms with Gasteiger partial charge in [0, 0.05) is 31.5 Å². The Morgan fingerprint density at radius 2 is 1.96 bits per heavy atom. The molecule has 0 bridgehead atoms. The van der Waals surface area contributed by atoms with Gasteiger partial charge in [-0.25, -0.2) is 4.98 Å². The summed E-state index contributed by atoms with van der Waals surface area (Å²) in [5.74, 6) is 1.73. The number of hydrogen-bond acceptors (Lipinski definition) is 5. The highest BCUT2D eigenvalue weighted by Crippen LogP contribution is 2.22. The minimum absolute atomic E-state index is 0.0660. The van der Waals surface area contributed by atoms with Crippen LogP contribution in [0.2, 0.25) is 0 Å². The zero-order valence-electron chi connectivity index (χ0n) is 15.1. The van der Waals surface area contributed by atoms with Crippen LogP contribution in [0, 0.1) is 6.92 Å². The highest BCUT2D eigenvalue weighted by atomic mass is 16.4. The van der Waals surface area contributed by atoms with Crippen molar-refractivity contribution in [2.45, 2.75) is 32.7 Å². The Bertz CT molecular complexity index is 1020. The lowest BCUT2D eigenvalue weighted by Gasteiger charge is -2.24. The van der Waals surface area contributed by atoms with Crippen LogP contribution >= 0.6 is 0 Å². The predicted octanol–water partition coefficient (Wildman–Crippen LogP) is 2.92. The van der Waals surface area contributed by atoms with E-state index in [-0.39, 0.29) is 17.1 Å². The van der Waals surface area contributed by atoms with E-state index in [1.165, 1.54) is 17.7 Å². The molecular formula is C21H20N2O4. The van der Waals surface area contributed by atoms with Crippen LogP contribution in [0.3, 0.4) is 0 Å². The van der Waals surface area contributed by atoms with Crippen LogP contribution in [-0.4, -0.2) is 22.3 Å². The van der Waals surface area contributed by atoms with Gasteiger partial charge < -0.3 is 13.7 Å². The predicted molar refractivity (Wildman–Crippen MR) is 98.5 cm³/mol. The summed E-state index contributed by atoms with van der Waals surface area (Å²) in [6.45, 7) is 2.53. The lowest BCUT2D eigenvalue weighted by atomic mass is 10.1. The third-order valence-corrected chi connectivity index (χ3v) is 4.63. The van der Waals surface area contributed by atoms with E-state index >= 15 is 0 Å². The fraction of sp³-hybridized carbons (Fsp3) is 0.286. The van der Waals surface area contributed by atoms with E-state index in [0.717, 1.165) is 24.3 Å². The number of carbonyl (C=O) groups is 1. The maximum Gasteiger partial charge on any atom is 0.290 e. The molecule has 0 unspecified atom stereocenters. The number of nitrogens with zero attached hydrogens (tertiary/aromatic N) is 2. The monoisotopic (exact) mass is 364 g/mol. The second kappa shape index (κ2) is 7.23. The molecule has 0 N–H and O–H groups in total. The molecule has 0 saturated heterocycles. The number of hydrogen-bond donors (Lipinski definition) is 0. The summed E-state index contributed by atoms with van der Waals surface area (Å²) < 4.78 is 11.3. The first kappa shape index (κ1) is 17.3. The molecule has 0 fully saturated rings. The standard InChI is InChI=1S/C21H20N2O4/c1-14-11-16(24)12-19(26-14)21(25)23-10-9-18-17(13-23)22-20(27-18)8-7-15-5-3-2-4-6-15/h2-6,11-12H,7-10,13H2,1H3. The van der Waals surface area contributed by atoms with Crippen molar-refractivity contribution in [2.75, 3.05) is 6.54 Å². The van der Waals surface area contributed by atoms with Gasteiger partial charge >= 0.3 is 0 Å². The molecule has 27 heavy (non-hydrogen) atoms. The summed E-state index contributed by atoms with van der Waals surface area (Å²) in [4.78, 5) is 30.5. The van der Waals surface area contributed by atoms with Gasteiger partial charge in [0.25, 0.3) is 5.91 Å². The molecule has 4 rings (SSSR count). The number of rotatable bonds is 4. The zero-order valence-corrected chi connectivity index (χ0v) is 15.1. The summed E-state index contributed by atoms with van der Waals surface area (Å²) in [6, 6.07) is 12.8. The second-order valence-corrected chi connectivity index (χ2v) is 6.71. The van der Waals surface area contributed by atoms with E-state index in [4.69, 9.17) is 8.83 Å². The Balaban J connectivity index is 1.46. The van der Waals surface area contributed by atoms with Crippen molar-refractivity contribution < 1.29 is 13.6 Å². The molecule has 0 radical (unpaired) electrons. The Morgan fingerprint density at radius 3 is 2.74 bits per heavy atom. The SMILES string of the molecule is Cc1cc(=O)cc(C(=O)N2CCc3oc(CCc4ccccc4)nc3C2)o1. The van der Waals surface area contributed by atoms with Crippen molar-refractivity contribution in [3.63, 3.8) is 0 Å². The lowest BCUT2D eigenvalue weighted by Crippen LogP contribution is -2.36. The minimum Gasteiger partial charge on any atom is -0.456 e. The molecule has 3 heterocycles. The first-order valence-electron chi connectivity index (χ1n) is 9.01. The van der Waals surface area contributed by atoms with Crippen molar-refractivity contribution in [3.05, 3.63) is 87.1 Å². The Hall–Kier alpha value is -3.15. The molecular weight excluding hydrogens is 344 g/mol. The maximum atomic E-state index is 12.7. The van der Waals surface area contributed by atoms with Gasteiger partial charge in [0.2, 0.25) is 0 Å². The molecule has 0 atom stereocenters. The van der Waals surface area contributed by atoms with E-state index in [2.05, 4.69) is 17.1 Å². The average Bonchev–Trinajstić information content (AvgIpc) is 3.08. The minimum atomic E-state index is -0.296. The molecule has 3 aromatic rings. The number of carbonyl (C=O) groups excluding carboxylic acids is 1. The average molecular weight is 364 g/mol. The Kier molecular flexibility index (Phi) is 4.62. The number of benzene rings is 1. The van der Waals surface area contributed by atoms with Crippen LogP contribution in [-0.2, 0) is 25.8 Å². The second-order valence-electron chi connectivity index (χ2n) is 6.71. The summed E-state index contributed by atoms with van der Waals surface area (Å²) >= 11 is 0. The zero-order chi connectivity index (χ0) is 18.8. The van der Waals surface area contributed by atoms with Gasteiger partial charge in [-0.05, 0) is 18.9 Å². The molecule has 1 aliphatic heterocycles. The van der Waals surface area contributed by atoms with Crippen molar-refractivity contribution in [3.8, 4) is 0 Å². The Morgan fingerprint density at radius 1 is 1.15 bits per heavy atom. The van der Waals surface area contributed by atoms with E-state index in [0.29, 0.717) is 31.2 Å². The van der Waals surface area contributed by atoms with Crippen LogP contribution < -0.4 is 5.43 Å². The third-order valence-electron chi connectivity index (χ3n) is 4.63. The molecule has 6 nitrogen and oxygen atoms in total. The highest BCUT2D eigenvalue weighted by molar-refractivity contribution is 5.91. The van der Waals surface area contributed by atoms with Gasteiger partial charge in [0.15, 0.2) is 17.1 Å². The fourth-order valence-electron chi connectivity index (χ4n) is 3.29. The van der Waals surface area contributed by atoms with Gasteiger partial charge in [0.1, 0.15) is 17.2 Å². The summed E-state index contributed by atoms with van der Waals surface area (Å²) in [5, 5.41) is 0. The smallest absolute Gasteiger partial charge is 0.290 e. The number of aryl methyl sites for hydroxylation is 3. The molecule has 2 aromatic heterocycles. The van der Waals surface area contributed by atoms with E-state index in [1.54, 1.807) is 11.8 Å². The Labute approximate surface area is 156 Å². The van der Waals surface area contributed by atoms with Crippen LogP contribution in [0.15, 0.2) is 56.1 Å². The normalized spacial score (nSPS) is 13.4. The molecule has 1 amide bonds. The number of oxazole rings is 1. The molecule has 0 aliphatic carbocycles. The summed E-state index contributed by atoms with van der Waals surface area (Å²) in [5.41, 5.74) is 1.79. The van der Waals surface area contributed by atoms with Crippen LogP contribution in [0.5, 0.6) is 0 Å². The van der Waals surface area contributed by atoms with E-state index in [1.807, 2.05) is 18.2 Å². The maximum absolute atomic E-state index is 12.7. The first-order valence-corrected chi connectivity index (χ1v) is 9.01. The molecule has 6 heteroatoms. The molecule has 1 aromatic carbocycles. The van der Waals surface area contributed by atoms with Crippen LogP contribution in [0.25, 0.3) is 0 Å². The van der Waals surface area contributed by atoms with Gasteiger partial charge in [-0.15, -0.1) is 0 Å². The number of amides is 1. The van der Waals surface area contributed by atoms with Crippen molar-refractivity contribution in [1.29, 1.82) is 0 Å². The quantitative estimate of drug-likeness (QED) is 0.711. The van der Waals surface area contributed by atoms with Gasteiger partial charge in [-0.3, -0.25) is 9.59 Å². The van der Waals surface area contributed by atoms with Gasteiger partial charge in [0.05, 0.1) is 6.54 Å².